The largest absolute Gasteiger partial charge is 0.383 e. The van der Waals surface area contributed by atoms with Crippen LogP contribution in [0.2, 0.25) is 0 Å². The van der Waals surface area contributed by atoms with E-state index >= 15 is 0 Å². The maximum atomic E-state index is 5.23. The molecule has 0 bridgehead atoms. The Morgan fingerprint density at radius 2 is 2.18 bits per heavy atom. The van der Waals surface area contributed by atoms with E-state index in [9.17, 15) is 0 Å². The van der Waals surface area contributed by atoms with E-state index in [0.717, 1.165) is 38.1 Å². The Morgan fingerprint density at radius 1 is 1.35 bits per heavy atom. The summed E-state index contributed by atoms with van der Waals surface area (Å²) in [7, 11) is 1.74. The molecule has 3 nitrogen and oxygen atoms in total. The van der Waals surface area contributed by atoms with Crippen molar-refractivity contribution < 1.29 is 4.74 Å². The van der Waals surface area contributed by atoms with E-state index in [-0.39, 0.29) is 0 Å². The lowest BCUT2D eigenvalue weighted by Crippen LogP contribution is -2.35. The maximum absolute atomic E-state index is 5.23. The Balaban J connectivity index is 2.51. The highest BCUT2D eigenvalue weighted by molar-refractivity contribution is 5.14. The normalized spacial score (nSPS) is 12.6. The molecular weight excluding hydrogens is 212 g/mol. The van der Waals surface area contributed by atoms with Crippen LogP contribution in [0.5, 0.6) is 0 Å². The molecule has 0 aromatic carbocycles. The van der Waals surface area contributed by atoms with Crippen molar-refractivity contribution in [1.29, 1.82) is 0 Å². The number of aryl methyl sites for hydroxylation is 1. The molecule has 17 heavy (non-hydrogen) atoms. The van der Waals surface area contributed by atoms with Gasteiger partial charge in [-0.3, -0.25) is 4.98 Å². The van der Waals surface area contributed by atoms with Crippen molar-refractivity contribution >= 4 is 0 Å². The minimum Gasteiger partial charge on any atom is -0.383 e. The van der Waals surface area contributed by atoms with Crippen LogP contribution in [0.4, 0.5) is 0 Å². The second-order valence-electron chi connectivity index (χ2n) is 4.32. The quantitative estimate of drug-likeness (QED) is 0.751. The molecule has 1 heterocycles. The molecule has 1 aromatic rings. The molecule has 1 unspecified atom stereocenters. The van der Waals surface area contributed by atoms with Gasteiger partial charge in [0.05, 0.1) is 6.61 Å². The Hall–Kier alpha value is -0.930. The number of hydrogen-bond acceptors (Lipinski definition) is 3. The predicted octanol–water partition coefficient (Wildman–Crippen LogP) is 2.20. The number of methoxy groups -OCH3 is 1. The molecule has 1 N–H and O–H groups in total. The lowest BCUT2D eigenvalue weighted by molar-refractivity contribution is 0.165. The lowest BCUT2D eigenvalue weighted by atomic mass is 10.1. The van der Waals surface area contributed by atoms with E-state index < -0.39 is 0 Å². The third kappa shape index (κ3) is 5.29. The highest BCUT2D eigenvalue weighted by atomic mass is 16.5. The van der Waals surface area contributed by atoms with Gasteiger partial charge in [0, 0.05) is 31.5 Å². The Bertz CT molecular complexity index is 298. The van der Waals surface area contributed by atoms with Crippen molar-refractivity contribution in [3.05, 3.63) is 29.6 Å². The van der Waals surface area contributed by atoms with Gasteiger partial charge in [-0.25, -0.2) is 0 Å². The van der Waals surface area contributed by atoms with Gasteiger partial charge in [0.15, 0.2) is 0 Å². The third-order valence-electron chi connectivity index (χ3n) is 2.80. The summed E-state index contributed by atoms with van der Waals surface area (Å²) in [6, 6.07) is 4.64. The molecule has 0 aliphatic heterocycles. The summed E-state index contributed by atoms with van der Waals surface area (Å²) in [4.78, 5) is 4.48. The molecule has 0 spiro atoms. The van der Waals surface area contributed by atoms with Gasteiger partial charge >= 0.3 is 0 Å². The standard InChI is InChI=1S/C14H24N2O/c1-4-8-15-14(11-17-3)9-13-7-6-12(5-2)10-16-13/h6-7,10,14-15H,4-5,8-9,11H2,1-3H3. The zero-order valence-corrected chi connectivity index (χ0v) is 11.2. The van der Waals surface area contributed by atoms with Crippen molar-refractivity contribution in [3.8, 4) is 0 Å². The summed E-state index contributed by atoms with van der Waals surface area (Å²) < 4.78 is 5.23. The maximum Gasteiger partial charge on any atom is 0.0619 e. The molecule has 0 aliphatic rings. The van der Waals surface area contributed by atoms with Gasteiger partial charge in [-0.1, -0.05) is 19.9 Å². The molecular formula is C14H24N2O. The number of ether oxygens (including phenoxy) is 1. The van der Waals surface area contributed by atoms with Crippen LogP contribution in [0.1, 0.15) is 31.5 Å². The minimum atomic E-state index is 0.361. The molecule has 0 saturated heterocycles. The molecule has 96 valence electrons. The molecule has 1 atom stereocenters. The van der Waals surface area contributed by atoms with Gasteiger partial charge in [-0.2, -0.15) is 0 Å². The number of hydrogen-bond donors (Lipinski definition) is 1. The summed E-state index contributed by atoms with van der Waals surface area (Å²) in [5.74, 6) is 0. The van der Waals surface area contributed by atoms with Crippen LogP contribution in [0.15, 0.2) is 18.3 Å². The molecule has 1 rings (SSSR count). The summed E-state index contributed by atoms with van der Waals surface area (Å²) in [6.07, 6.45) is 5.09. The fourth-order valence-corrected chi connectivity index (χ4v) is 1.78. The summed E-state index contributed by atoms with van der Waals surface area (Å²) in [5.41, 5.74) is 2.42. The number of aromatic nitrogens is 1. The Labute approximate surface area is 105 Å². The average Bonchev–Trinajstić information content (AvgIpc) is 2.37. The molecule has 0 amide bonds. The highest BCUT2D eigenvalue weighted by Gasteiger charge is 2.09. The fraction of sp³-hybridized carbons (Fsp3) is 0.643. The zero-order chi connectivity index (χ0) is 12.5. The molecule has 3 heteroatoms. The van der Waals surface area contributed by atoms with Gasteiger partial charge in [-0.15, -0.1) is 0 Å². The first-order valence-electron chi connectivity index (χ1n) is 6.46. The summed E-state index contributed by atoms with van der Waals surface area (Å²) in [6.45, 7) is 6.08. The van der Waals surface area contributed by atoms with Gasteiger partial charge in [-0.05, 0) is 31.0 Å². The molecule has 0 aliphatic carbocycles. The van der Waals surface area contributed by atoms with Crippen molar-refractivity contribution in [1.82, 2.24) is 10.3 Å². The summed E-state index contributed by atoms with van der Waals surface area (Å²) >= 11 is 0. The number of pyridine rings is 1. The molecule has 0 saturated carbocycles. The smallest absolute Gasteiger partial charge is 0.0619 e. The van der Waals surface area contributed by atoms with E-state index in [1.54, 1.807) is 7.11 Å². The van der Waals surface area contributed by atoms with Crippen LogP contribution in [0, 0.1) is 0 Å². The van der Waals surface area contributed by atoms with Gasteiger partial charge in [0.1, 0.15) is 0 Å². The van der Waals surface area contributed by atoms with Crippen LogP contribution in [-0.4, -0.2) is 31.3 Å². The fourth-order valence-electron chi connectivity index (χ4n) is 1.78. The molecule has 1 aromatic heterocycles. The van der Waals surface area contributed by atoms with Crippen LogP contribution < -0.4 is 5.32 Å². The van der Waals surface area contributed by atoms with Crippen molar-refractivity contribution in [2.45, 2.75) is 39.2 Å². The first-order chi connectivity index (χ1) is 8.30. The Kier molecular flexibility index (Phi) is 6.82. The van der Waals surface area contributed by atoms with Crippen molar-refractivity contribution in [2.24, 2.45) is 0 Å². The minimum absolute atomic E-state index is 0.361. The first-order valence-corrected chi connectivity index (χ1v) is 6.46. The third-order valence-corrected chi connectivity index (χ3v) is 2.80. The van der Waals surface area contributed by atoms with E-state index in [1.165, 1.54) is 5.56 Å². The number of nitrogens with one attached hydrogen (secondary N) is 1. The van der Waals surface area contributed by atoms with Gasteiger partial charge < -0.3 is 10.1 Å². The van der Waals surface area contributed by atoms with E-state index in [1.807, 2.05) is 6.20 Å². The topological polar surface area (TPSA) is 34.1 Å². The van der Waals surface area contributed by atoms with E-state index in [4.69, 9.17) is 4.74 Å². The van der Waals surface area contributed by atoms with Crippen LogP contribution >= 0.6 is 0 Å². The van der Waals surface area contributed by atoms with Crippen LogP contribution in [0.25, 0.3) is 0 Å². The lowest BCUT2D eigenvalue weighted by Gasteiger charge is -2.17. The summed E-state index contributed by atoms with van der Waals surface area (Å²) in [5, 5.41) is 3.48. The first kappa shape index (κ1) is 14.1. The number of rotatable bonds is 8. The zero-order valence-electron chi connectivity index (χ0n) is 11.2. The average molecular weight is 236 g/mol. The molecule has 0 radical (unpaired) electrons. The highest BCUT2D eigenvalue weighted by Crippen LogP contribution is 2.04. The number of nitrogens with zero attached hydrogens (tertiary/aromatic N) is 1. The Morgan fingerprint density at radius 3 is 2.71 bits per heavy atom. The second-order valence-corrected chi connectivity index (χ2v) is 4.32. The van der Waals surface area contributed by atoms with Crippen molar-refractivity contribution in [2.75, 3.05) is 20.3 Å². The van der Waals surface area contributed by atoms with Crippen LogP contribution in [0.3, 0.4) is 0 Å². The van der Waals surface area contributed by atoms with E-state index in [0.29, 0.717) is 6.04 Å². The SMILES string of the molecule is CCCNC(COC)Cc1ccc(CC)cn1. The predicted molar refractivity (Wildman–Crippen MR) is 71.3 cm³/mol. The monoisotopic (exact) mass is 236 g/mol. The van der Waals surface area contributed by atoms with Crippen molar-refractivity contribution in [3.63, 3.8) is 0 Å². The molecule has 0 fully saturated rings. The van der Waals surface area contributed by atoms with E-state index in [2.05, 4.69) is 36.3 Å². The second kappa shape index (κ2) is 8.20. The van der Waals surface area contributed by atoms with Gasteiger partial charge in [0.25, 0.3) is 0 Å². The van der Waals surface area contributed by atoms with Gasteiger partial charge in [0.2, 0.25) is 0 Å². The van der Waals surface area contributed by atoms with Crippen LogP contribution in [-0.2, 0) is 17.6 Å².